The van der Waals surface area contributed by atoms with Crippen LogP contribution < -0.4 is 5.32 Å². The van der Waals surface area contributed by atoms with Gasteiger partial charge in [0.1, 0.15) is 0 Å². The third-order valence-electron chi connectivity index (χ3n) is 4.95. The fourth-order valence-electron chi connectivity index (χ4n) is 3.66. The summed E-state index contributed by atoms with van der Waals surface area (Å²) in [7, 11) is 0. The number of amides is 1. The first-order valence-corrected chi connectivity index (χ1v) is 8.62. The van der Waals surface area contributed by atoms with Crippen LogP contribution in [0.5, 0.6) is 0 Å². The number of carbonyl (C=O) groups excluding carboxylic acids is 1. The van der Waals surface area contributed by atoms with Gasteiger partial charge in [0.25, 0.3) is 0 Å². The molecule has 1 amide bonds. The molecule has 1 aliphatic rings. The van der Waals surface area contributed by atoms with E-state index in [0.717, 1.165) is 24.8 Å². The van der Waals surface area contributed by atoms with Crippen molar-refractivity contribution in [2.45, 2.75) is 38.6 Å². The number of rotatable bonds is 3. The Hall–Kier alpha value is -2.55. The number of carbonyl (C=O) groups is 1. The third-order valence-corrected chi connectivity index (χ3v) is 4.95. The minimum Gasteiger partial charge on any atom is -0.358 e. The van der Waals surface area contributed by atoms with Crippen molar-refractivity contribution in [1.82, 2.24) is 10.3 Å². The fraction of sp³-hybridized carbons (Fsp3) is 0.286. The van der Waals surface area contributed by atoms with Crippen LogP contribution in [0.4, 0.5) is 0 Å². The van der Waals surface area contributed by atoms with Crippen molar-refractivity contribution < 1.29 is 4.79 Å². The molecule has 3 nitrogen and oxygen atoms in total. The van der Waals surface area contributed by atoms with E-state index in [1.807, 2.05) is 12.1 Å². The molecule has 1 unspecified atom stereocenters. The molecule has 0 aliphatic heterocycles. The first-order valence-electron chi connectivity index (χ1n) is 8.62. The third kappa shape index (κ3) is 2.94. The van der Waals surface area contributed by atoms with E-state index < -0.39 is 0 Å². The highest BCUT2D eigenvalue weighted by Crippen LogP contribution is 2.29. The predicted molar refractivity (Wildman–Crippen MR) is 97.1 cm³/mol. The lowest BCUT2D eigenvalue weighted by atomic mass is 9.91. The second-order valence-corrected chi connectivity index (χ2v) is 6.80. The highest BCUT2D eigenvalue weighted by Gasteiger charge is 2.23. The number of aromatic amines is 1. The molecule has 1 aliphatic carbocycles. The summed E-state index contributed by atoms with van der Waals surface area (Å²) in [5, 5.41) is 4.52. The Bertz CT molecular complexity index is 876. The fourth-order valence-corrected chi connectivity index (χ4v) is 3.66. The van der Waals surface area contributed by atoms with Gasteiger partial charge >= 0.3 is 0 Å². The SMILES string of the molecule is Cc1ccc(CC(=O)NC2CCc3[nH]c4ccccc4c3C2)cc1. The van der Waals surface area contributed by atoms with Gasteiger partial charge in [0, 0.05) is 22.6 Å². The molecule has 24 heavy (non-hydrogen) atoms. The minimum atomic E-state index is 0.118. The Kier molecular flexibility index (Phi) is 3.85. The highest BCUT2D eigenvalue weighted by molar-refractivity contribution is 5.85. The number of aromatic nitrogens is 1. The van der Waals surface area contributed by atoms with E-state index in [2.05, 4.69) is 53.6 Å². The second kappa shape index (κ2) is 6.16. The van der Waals surface area contributed by atoms with Gasteiger partial charge < -0.3 is 10.3 Å². The number of aryl methyl sites for hydroxylation is 2. The van der Waals surface area contributed by atoms with Crippen LogP contribution >= 0.6 is 0 Å². The van der Waals surface area contributed by atoms with Crippen LogP contribution in [-0.2, 0) is 24.1 Å². The van der Waals surface area contributed by atoms with E-state index in [9.17, 15) is 4.79 Å². The van der Waals surface area contributed by atoms with Gasteiger partial charge in [-0.15, -0.1) is 0 Å². The van der Waals surface area contributed by atoms with Crippen LogP contribution in [-0.4, -0.2) is 16.9 Å². The van der Waals surface area contributed by atoms with Gasteiger partial charge in [0.05, 0.1) is 6.42 Å². The summed E-state index contributed by atoms with van der Waals surface area (Å²) < 4.78 is 0. The summed E-state index contributed by atoms with van der Waals surface area (Å²) in [6.07, 6.45) is 3.37. The molecule has 0 saturated carbocycles. The van der Waals surface area contributed by atoms with Crippen molar-refractivity contribution in [2.24, 2.45) is 0 Å². The number of hydrogen-bond acceptors (Lipinski definition) is 1. The lowest BCUT2D eigenvalue weighted by Crippen LogP contribution is -2.39. The Morgan fingerprint density at radius 2 is 1.96 bits per heavy atom. The Labute approximate surface area is 142 Å². The Morgan fingerprint density at radius 3 is 2.79 bits per heavy atom. The van der Waals surface area contributed by atoms with Gasteiger partial charge in [-0.3, -0.25) is 4.79 Å². The van der Waals surface area contributed by atoms with E-state index >= 15 is 0 Å². The number of fused-ring (bicyclic) bond motifs is 3. The molecule has 1 aromatic heterocycles. The van der Waals surface area contributed by atoms with Crippen LogP contribution in [0.2, 0.25) is 0 Å². The van der Waals surface area contributed by atoms with E-state index in [4.69, 9.17) is 0 Å². The van der Waals surface area contributed by atoms with Crippen molar-refractivity contribution >= 4 is 16.8 Å². The lowest BCUT2D eigenvalue weighted by molar-refractivity contribution is -0.121. The Balaban J connectivity index is 1.44. The summed E-state index contributed by atoms with van der Waals surface area (Å²) in [6, 6.07) is 16.8. The lowest BCUT2D eigenvalue weighted by Gasteiger charge is -2.23. The summed E-state index contributed by atoms with van der Waals surface area (Å²) >= 11 is 0. The summed E-state index contributed by atoms with van der Waals surface area (Å²) in [5.41, 5.74) is 6.20. The number of H-pyrrole nitrogens is 1. The largest absolute Gasteiger partial charge is 0.358 e. The zero-order valence-corrected chi connectivity index (χ0v) is 13.9. The first kappa shape index (κ1) is 15.0. The number of hydrogen-bond donors (Lipinski definition) is 2. The minimum absolute atomic E-state index is 0.118. The monoisotopic (exact) mass is 318 g/mol. The van der Waals surface area contributed by atoms with E-state index in [1.165, 1.54) is 27.7 Å². The van der Waals surface area contributed by atoms with E-state index in [-0.39, 0.29) is 11.9 Å². The molecule has 0 fully saturated rings. The van der Waals surface area contributed by atoms with Crippen LogP contribution in [0.25, 0.3) is 10.9 Å². The molecule has 0 radical (unpaired) electrons. The average molecular weight is 318 g/mol. The molecule has 3 heteroatoms. The molecule has 2 aromatic carbocycles. The van der Waals surface area contributed by atoms with Crippen molar-refractivity contribution in [3.8, 4) is 0 Å². The summed E-state index contributed by atoms with van der Waals surface area (Å²) in [6.45, 7) is 2.06. The topological polar surface area (TPSA) is 44.9 Å². The van der Waals surface area contributed by atoms with Gasteiger partial charge in [-0.2, -0.15) is 0 Å². The van der Waals surface area contributed by atoms with Crippen molar-refractivity contribution in [2.75, 3.05) is 0 Å². The molecule has 4 rings (SSSR count). The number of benzene rings is 2. The summed E-state index contributed by atoms with van der Waals surface area (Å²) in [4.78, 5) is 15.9. The highest BCUT2D eigenvalue weighted by atomic mass is 16.1. The molecule has 0 saturated heterocycles. The maximum Gasteiger partial charge on any atom is 0.224 e. The molecule has 0 bridgehead atoms. The zero-order valence-electron chi connectivity index (χ0n) is 13.9. The summed E-state index contributed by atoms with van der Waals surface area (Å²) in [5.74, 6) is 0.118. The van der Waals surface area contributed by atoms with Gasteiger partial charge in [-0.25, -0.2) is 0 Å². The second-order valence-electron chi connectivity index (χ2n) is 6.80. The van der Waals surface area contributed by atoms with Gasteiger partial charge in [0.2, 0.25) is 5.91 Å². The maximum atomic E-state index is 12.4. The standard InChI is InChI=1S/C21H22N2O/c1-14-6-8-15(9-7-14)12-21(24)22-16-10-11-20-18(13-16)17-4-2-3-5-19(17)23-20/h2-9,16,23H,10-13H2,1H3,(H,22,24). The predicted octanol–water partition coefficient (Wildman–Crippen LogP) is 3.69. The van der Waals surface area contributed by atoms with Gasteiger partial charge in [0.15, 0.2) is 0 Å². The maximum absolute atomic E-state index is 12.4. The molecule has 122 valence electrons. The molecule has 0 spiro atoms. The van der Waals surface area contributed by atoms with Crippen molar-refractivity contribution in [1.29, 1.82) is 0 Å². The van der Waals surface area contributed by atoms with Crippen LogP contribution in [0.15, 0.2) is 48.5 Å². The van der Waals surface area contributed by atoms with Crippen LogP contribution in [0, 0.1) is 6.92 Å². The smallest absolute Gasteiger partial charge is 0.224 e. The van der Waals surface area contributed by atoms with Gasteiger partial charge in [-0.1, -0.05) is 48.0 Å². The molecular formula is C21H22N2O. The zero-order chi connectivity index (χ0) is 16.5. The molecule has 1 heterocycles. The normalized spacial score (nSPS) is 16.8. The quantitative estimate of drug-likeness (QED) is 0.760. The van der Waals surface area contributed by atoms with Crippen molar-refractivity contribution in [3.05, 3.63) is 70.9 Å². The first-order chi connectivity index (χ1) is 11.7. The average Bonchev–Trinajstić information content (AvgIpc) is 2.95. The van der Waals surface area contributed by atoms with Gasteiger partial charge in [-0.05, 0) is 43.4 Å². The number of nitrogens with one attached hydrogen (secondary N) is 2. The number of para-hydroxylation sites is 1. The van der Waals surface area contributed by atoms with Crippen LogP contribution in [0.1, 0.15) is 28.8 Å². The van der Waals surface area contributed by atoms with Crippen molar-refractivity contribution in [3.63, 3.8) is 0 Å². The molecule has 2 N–H and O–H groups in total. The Morgan fingerprint density at radius 1 is 1.17 bits per heavy atom. The molecule has 3 aromatic rings. The van der Waals surface area contributed by atoms with E-state index in [1.54, 1.807) is 0 Å². The van der Waals surface area contributed by atoms with Crippen LogP contribution in [0.3, 0.4) is 0 Å². The van der Waals surface area contributed by atoms with E-state index in [0.29, 0.717) is 6.42 Å². The molecular weight excluding hydrogens is 296 g/mol. The molecule has 1 atom stereocenters.